The molecule has 0 bridgehead atoms. The normalized spacial score (nSPS) is 31.9. The Hall–Kier alpha value is -1.45. The van der Waals surface area contributed by atoms with Crippen molar-refractivity contribution in [2.75, 3.05) is 0 Å². The molecule has 0 spiro atoms. The summed E-state index contributed by atoms with van der Waals surface area (Å²) in [6, 6.07) is 1.46. The number of rotatable bonds is 2. The fourth-order valence-electron chi connectivity index (χ4n) is 2.90. The van der Waals surface area contributed by atoms with Gasteiger partial charge in [0.05, 0.1) is 0 Å². The minimum Gasteiger partial charge on any atom is -0.477 e. The van der Waals surface area contributed by atoms with Crippen LogP contribution in [0.1, 0.15) is 47.9 Å². The predicted molar refractivity (Wildman–Crippen MR) is 57.2 cm³/mol. The van der Waals surface area contributed by atoms with Crippen molar-refractivity contribution < 1.29 is 9.90 Å². The Kier molecular flexibility index (Phi) is 2.16. The van der Waals surface area contributed by atoms with Crippen LogP contribution in [0, 0.1) is 11.8 Å². The van der Waals surface area contributed by atoms with E-state index in [0.717, 1.165) is 24.1 Å². The van der Waals surface area contributed by atoms with Gasteiger partial charge in [0.2, 0.25) is 0 Å². The lowest BCUT2D eigenvalue weighted by atomic mass is 9.88. The zero-order chi connectivity index (χ0) is 11.1. The second kappa shape index (κ2) is 3.54. The SMILES string of the molecule is O=C(O)c1ccnc(C2CCCC3CC32)n1. The molecule has 84 valence electrons. The highest BCUT2D eigenvalue weighted by atomic mass is 16.4. The molecule has 0 radical (unpaired) electrons. The Bertz CT molecular complexity index is 433. The fourth-order valence-corrected chi connectivity index (χ4v) is 2.90. The number of carboxylic acids is 1. The zero-order valence-electron chi connectivity index (χ0n) is 8.97. The van der Waals surface area contributed by atoms with Gasteiger partial charge in [-0.1, -0.05) is 12.8 Å². The van der Waals surface area contributed by atoms with Gasteiger partial charge in [-0.3, -0.25) is 0 Å². The highest BCUT2D eigenvalue weighted by Gasteiger charge is 2.46. The molecule has 4 nitrogen and oxygen atoms in total. The molecule has 0 saturated heterocycles. The summed E-state index contributed by atoms with van der Waals surface area (Å²) in [5.41, 5.74) is 0.118. The van der Waals surface area contributed by atoms with E-state index in [1.807, 2.05) is 0 Å². The van der Waals surface area contributed by atoms with Gasteiger partial charge in [0, 0.05) is 12.1 Å². The quantitative estimate of drug-likeness (QED) is 0.825. The summed E-state index contributed by atoms with van der Waals surface area (Å²) < 4.78 is 0. The number of carbonyl (C=O) groups is 1. The molecule has 2 aliphatic rings. The van der Waals surface area contributed by atoms with Gasteiger partial charge in [-0.05, 0) is 30.7 Å². The first kappa shape index (κ1) is 9.75. The van der Waals surface area contributed by atoms with Gasteiger partial charge in [-0.2, -0.15) is 0 Å². The Labute approximate surface area is 93.7 Å². The molecule has 0 aromatic carbocycles. The van der Waals surface area contributed by atoms with Crippen molar-refractivity contribution >= 4 is 5.97 Å². The molecule has 2 fully saturated rings. The Morgan fingerprint density at radius 3 is 3.12 bits per heavy atom. The van der Waals surface area contributed by atoms with Crippen LogP contribution in [0.2, 0.25) is 0 Å². The maximum atomic E-state index is 10.8. The summed E-state index contributed by atoms with van der Waals surface area (Å²) in [6.07, 6.45) is 6.53. The molecule has 16 heavy (non-hydrogen) atoms. The third-order valence-electron chi connectivity index (χ3n) is 3.81. The Morgan fingerprint density at radius 1 is 1.44 bits per heavy atom. The van der Waals surface area contributed by atoms with Gasteiger partial charge < -0.3 is 5.11 Å². The summed E-state index contributed by atoms with van der Waals surface area (Å²) >= 11 is 0. The number of fused-ring (bicyclic) bond motifs is 1. The van der Waals surface area contributed by atoms with Crippen LogP contribution in [0.15, 0.2) is 12.3 Å². The topological polar surface area (TPSA) is 63.1 Å². The Balaban J connectivity index is 1.88. The van der Waals surface area contributed by atoms with E-state index in [0.29, 0.717) is 5.92 Å². The summed E-state index contributed by atoms with van der Waals surface area (Å²) in [7, 11) is 0. The van der Waals surface area contributed by atoms with Crippen molar-refractivity contribution in [2.45, 2.75) is 31.6 Å². The van der Waals surface area contributed by atoms with Crippen molar-refractivity contribution in [1.82, 2.24) is 9.97 Å². The second-order valence-electron chi connectivity index (χ2n) is 4.80. The van der Waals surface area contributed by atoms with Crippen LogP contribution < -0.4 is 0 Å². The smallest absolute Gasteiger partial charge is 0.354 e. The molecule has 1 aromatic rings. The summed E-state index contributed by atoms with van der Waals surface area (Å²) in [5, 5.41) is 8.89. The molecule has 3 atom stereocenters. The van der Waals surface area contributed by atoms with Crippen LogP contribution >= 0.6 is 0 Å². The minimum atomic E-state index is -0.966. The number of carboxylic acid groups (broad SMARTS) is 1. The van der Waals surface area contributed by atoms with E-state index < -0.39 is 5.97 Å². The standard InChI is InChI=1S/C12H14N2O2/c15-12(16)10-4-5-13-11(14-10)8-3-1-2-7-6-9(7)8/h4-5,7-9H,1-3,6H2,(H,15,16). The predicted octanol–water partition coefficient (Wildman–Crippen LogP) is 2.08. The van der Waals surface area contributed by atoms with E-state index in [1.165, 1.54) is 25.3 Å². The molecule has 4 heteroatoms. The van der Waals surface area contributed by atoms with Gasteiger partial charge in [0.1, 0.15) is 5.82 Å². The molecular weight excluding hydrogens is 204 g/mol. The second-order valence-corrected chi connectivity index (χ2v) is 4.80. The lowest BCUT2D eigenvalue weighted by Crippen LogP contribution is -2.14. The number of hydrogen-bond acceptors (Lipinski definition) is 3. The molecule has 2 saturated carbocycles. The summed E-state index contributed by atoms with van der Waals surface area (Å²) in [6.45, 7) is 0. The van der Waals surface area contributed by atoms with Crippen LogP contribution in [0.25, 0.3) is 0 Å². The third kappa shape index (κ3) is 1.58. The van der Waals surface area contributed by atoms with Crippen molar-refractivity contribution in [1.29, 1.82) is 0 Å². The van der Waals surface area contributed by atoms with Crippen LogP contribution in [0.4, 0.5) is 0 Å². The van der Waals surface area contributed by atoms with E-state index in [4.69, 9.17) is 5.11 Å². The highest BCUT2D eigenvalue weighted by molar-refractivity contribution is 5.85. The number of hydrogen-bond donors (Lipinski definition) is 1. The fraction of sp³-hybridized carbons (Fsp3) is 0.583. The molecule has 0 aliphatic heterocycles. The highest BCUT2D eigenvalue weighted by Crippen LogP contribution is 2.55. The van der Waals surface area contributed by atoms with E-state index in [1.54, 1.807) is 6.20 Å². The van der Waals surface area contributed by atoms with Crippen molar-refractivity contribution in [3.8, 4) is 0 Å². The maximum Gasteiger partial charge on any atom is 0.354 e. The van der Waals surface area contributed by atoms with Crippen molar-refractivity contribution in [3.05, 3.63) is 23.8 Å². The minimum absolute atomic E-state index is 0.118. The molecule has 1 N–H and O–H groups in total. The lowest BCUT2D eigenvalue weighted by molar-refractivity contribution is 0.0689. The first-order chi connectivity index (χ1) is 7.75. The molecule has 1 aromatic heterocycles. The van der Waals surface area contributed by atoms with Gasteiger partial charge in [0.15, 0.2) is 5.69 Å². The van der Waals surface area contributed by atoms with E-state index in [9.17, 15) is 4.79 Å². The lowest BCUT2D eigenvalue weighted by Gasteiger charge is -2.19. The number of aromatic carboxylic acids is 1. The van der Waals surface area contributed by atoms with E-state index in [2.05, 4.69) is 9.97 Å². The van der Waals surface area contributed by atoms with E-state index in [-0.39, 0.29) is 5.69 Å². The van der Waals surface area contributed by atoms with Gasteiger partial charge in [0.25, 0.3) is 0 Å². The van der Waals surface area contributed by atoms with Crippen molar-refractivity contribution in [3.63, 3.8) is 0 Å². The van der Waals surface area contributed by atoms with Gasteiger partial charge in [-0.15, -0.1) is 0 Å². The number of aromatic nitrogens is 2. The van der Waals surface area contributed by atoms with Crippen LogP contribution in [0.5, 0.6) is 0 Å². The van der Waals surface area contributed by atoms with Crippen LogP contribution in [-0.4, -0.2) is 21.0 Å². The Morgan fingerprint density at radius 2 is 2.31 bits per heavy atom. The third-order valence-corrected chi connectivity index (χ3v) is 3.81. The monoisotopic (exact) mass is 218 g/mol. The molecule has 0 amide bonds. The van der Waals surface area contributed by atoms with Crippen LogP contribution in [-0.2, 0) is 0 Å². The molecule has 3 rings (SSSR count). The molecular formula is C12H14N2O2. The zero-order valence-corrected chi connectivity index (χ0v) is 8.97. The first-order valence-electron chi connectivity index (χ1n) is 5.82. The van der Waals surface area contributed by atoms with Crippen LogP contribution in [0.3, 0.4) is 0 Å². The van der Waals surface area contributed by atoms with Gasteiger partial charge >= 0.3 is 5.97 Å². The average molecular weight is 218 g/mol. The maximum absolute atomic E-state index is 10.8. The van der Waals surface area contributed by atoms with Crippen molar-refractivity contribution in [2.24, 2.45) is 11.8 Å². The number of nitrogens with zero attached hydrogens (tertiary/aromatic N) is 2. The average Bonchev–Trinajstić information content (AvgIpc) is 3.07. The first-order valence-corrected chi connectivity index (χ1v) is 5.82. The molecule has 3 unspecified atom stereocenters. The summed E-state index contributed by atoms with van der Waals surface area (Å²) in [4.78, 5) is 19.2. The van der Waals surface area contributed by atoms with E-state index >= 15 is 0 Å². The van der Waals surface area contributed by atoms with Gasteiger partial charge in [-0.25, -0.2) is 14.8 Å². The molecule has 1 heterocycles. The molecule has 2 aliphatic carbocycles. The largest absolute Gasteiger partial charge is 0.477 e. The summed E-state index contributed by atoms with van der Waals surface area (Å²) in [5.74, 6) is 1.76.